The average Bonchev–Trinajstić information content (AvgIpc) is 2.55. The Labute approximate surface area is 141 Å². The molecule has 128 valence electrons. The van der Waals surface area contributed by atoms with Crippen LogP contribution in [-0.2, 0) is 4.79 Å². The lowest BCUT2D eigenvalue weighted by Gasteiger charge is -2.04. The molecule has 0 fully saturated rings. The van der Waals surface area contributed by atoms with E-state index >= 15 is 0 Å². The molecule has 0 aliphatic carbocycles. The first-order chi connectivity index (χ1) is 11.1. The second-order valence-corrected chi connectivity index (χ2v) is 6.32. The molecule has 0 aliphatic heterocycles. The molecule has 0 aliphatic rings. The number of hydrogen-bond acceptors (Lipinski definition) is 2. The number of amides is 1. The molecule has 1 amide bonds. The zero-order valence-corrected chi connectivity index (χ0v) is 15.0. The Morgan fingerprint density at radius 2 is 1.52 bits per heavy atom. The van der Waals surface area contributed by atoms with Crippen molar-refractivity contribution in [3.63, 3.8) is 0 Å². The van der Waals surface area contributed by atoms with Crippen molar-refractivity contribution in [3.05, 3.63) is 35.4 Å². The molecule has 0 unspecified atom stereocenters. The van der Waals surface area contributed by atoms with Crippen molar-refractivity contribution in [2.24, 2.45) is 5.10 Å². The molecule has 1 N–H and O–H groups in total. The summed E-state index contributed by atoms with van der Waals surface area (Å²) in [5.74, 6) is 0.0162. The smallest absolute Gasteiger partial charge is 0.240 e. The van der Waals surface area contributed by atoms with Gasteiger partial charge in [-0.1, -0.05) is 81.7 Å². The van der Waals surface area contributed by atoms with Crippen LogP contribution < -0.4 is 5.43 Å². The van der Waals surface area contributed by atoms with E-state index in [-0.39, 0.29) is 5.91 Å². The first-order valence-corrected chi connectivity index (χ1v) is 9.03. The van der Waals surface area contributed by atoms with Gasteiger partial charge in [-0.25, -0.2) is 5.43 Å². The molecule has 0 radical (unpaired) electrons. The van der Waals surface area contributed by atoms with Crippen molar-refractivity contribution >= 4 is 11.6 Å². The normalized spacial score (nSPS) is 11.5. The Hall–Kier alpha value is -1.64. The van der Waals surface area contributed by atoms with E-state index in [0.29, 0.717) is 6.42 Å². The SMILES string of the molecule is CCCCCCCCCCC(=O)NN=C(C)c1ccc(C)cc1. The summed E-state index contributed by atoms with van der Waals surface area (Å²) >= 11 is 0. The van der Waals surface area contributed by atoms with Gasteiger partial charge < -0.3 is 0 Å². The monoisotopic (exact) mass is 316 g/mol. The number of nitrogens with one attached hydrogen (secondary N) is 1. The maximum Gasteiger partial charge on any atom is 0.240 e. The summed E-state index contributed by atoms with van der Waals surface area (Å²) in [4.78, 5) is 11.8. The van der Waals surface area contributed by atoms with Crippen LogP contribution >= 0.6 is 0 Å². The van der Waals surface area contributed by atoms with E-state index in [1.165, 1.54) is 44.1 Å². The molecule has 0 saturated heterocycles. The number of nitrogens with zero attached hydrogens (tertiary/aromatic N) is 1. The Bertz CT molecular complexity index is 477. The van der Waals surface area contributed by atoms with Crippen LogP contribution in [0.1, 0.15) is 82.8 Å². The van der Waals surface area contributed by atoms with Crippen molar-refractivity contribution in [2.75, 3.05) is 0 Å². The summed E-state index contributed by atoms with van der Waals surface area (Å²) in [5.41, 5.74) is 5.77. The maximum atomic E-state index is 11.8. The quantitative estimate of drug-likeness (QED) is 0.333. The summed E-state index contributed by atoms with van der Waals surface area (Å²) in [7, 11) is 0. The van der Waals surface area contributed by atoms with Crippen molar-refractivity contribution in [3.8, 4) is 0 Å². The van der Waals surface area contributed by atoms with Crippen molar-refractivity contribution in [2.45, 2.75) is 78.6 Å². The van der Waals surface area contributed by atoms with E-state index in [2.05, 4.69) is 36.5 Å². The fraction of sp³-hybridized carbons (Fsp3) is 0.600. The molecular weight excluding hydrogens is 284 g/mol. The number of rotatable bonds is 11. The highest BCUT2D eigenvalue weighted by molar-refractivity contribution is 5.99. The van der Waals surface area contributed by atoms with Crippen molar-refractivity contribution < 1.29 is 4.79 Å². The fourth-order valence-corrected chi connectivity index (χ4v) is 2.48. The second kappa shape index (κ2) is 11.9. The fourth-order valence-electron chi connectivity index (χ4n) is 2.48. The highest BCUT2D eigenvalue weighted by Crippen LogP contribution is 2.09. The largest absolute Gasteiger partial charge is 0.273 e. The zero-order valence-electron chi connectivity index (χ0n) is 15.0. The van der Waals surface area contributed by atoms with Crippen LogP contribution in [0.2, 0.25) is 0 Å². The van der Waals surface area contributed by atoms with Gasteiger partial charge in [-0.3, -0.25) is 4.79 Å². The molecule has 0 saturated carbocycles. The molecule has 0 heterocycles. The van der Waals surface area contributed by atoms with E-state index in [4.69, 9.17) is 0 Å². The summed E-state index contributed by atoms with van der Waals surface area (Å²) in [5, 5.41) is 4.19. The van der Waals surface area contributed by atoms with Crippen LogP contribution in [0.4, 0.5) is 0 Å². The minimum Gasteiger partial charge on any atom is -0.273 e. The first-order valence-electron chi connectivity index (χ1n) is 9.03. The molecule has 23 heavy (non-hydrogen) atoms. The van der Waals surface area contributed by atoms with Gasteiger partial charge in [0.2, 0.25) is 5.91 Å². The predicted octanol–water partition coefficient (Wildman–Crippen LogP) is 5.37. The number of benzene rings is 1. The van der Waals surface area contributed by atoms with Gasteiger partial charge >= 0.3 is 0 Å². The highest BCUT2D eigenvalue weighted by atomic mass is 16.2. The summed E-state index contributed by atoms with van der Waals surface area (Å²) < 4.78 is 0. The van der Waals surface area contributed by atoms with E-state index in [1.54, 1.807) is 0 Å². The Balaban J connectivity index is 2.14. The highest BCUT2D eigenvalue weighted by Gasteiger charge is 2.01. The third-order valence-corrected chi connectivity index (χ3v) is 4.08. The topological polar surface area (TPSA) is 41.5 Å². The van der Waals surface area contributed by atoms with E-state index in [9.17, 15) is 4.79 Å². The van der Waals surface area contributed by atoms with E-state index in [1.807, 2.05) is 19.1 Å². The van der Waals surface area contributed by atoms with Gasteiger partial charge in [-0.05, 0) is 25.8 Å². The number of hydrazone groups is 1. The van der Waals surface area contributed by atoms with Crippen LogP contribution in [-0.4, -0.2) is 11.6 Å². The number of carbonyl (C=O) groups is 1. The molecular formula is C20H32N2O. The van der Waals surface area contributed by atoms with Gasteiger partial charge in [-0.2, -0.15) is 5.10 Å². The van der Waals surface area contributed by atoms with Crippen LogP contribution in [0.15, 0.2) is 29.4 Å². The molecule has 0 aromatic heterocycles. The third kappa shape index (κ3) is 9.17. The summed E-state index contributed by atoms with van der Waals surface area (Å²) in [6.45, 7) is 6.21. The van der Waals surface area contributed by atoms with Gasteiger partial charge in [0.1, 0.15) is 0 Å². The van der Waals surface area contributed by atoms with Gasteiger partial charge in [0.05, 0.1) is 5.71 Å². The third-order valence-electron chi connectivity index (χ3n) is 4.08. The van der Waals surface area contributed by atoms with Gasteiger partial charge in [0.25, 0.3) is 0 Å². The average molecular weight is 316 g/mol. The predicted molar refractivity (Wildman–Crippen MR) is 98.8 cm³/mol. The maximum absolute atomic E-state index is 11.8. The van der Waals surface area contributed by atoms with Crippen molar-refractivity contribution in [1.82, 2.24) is 5.43 Å². The van der Waals surface area contributed by atoms with Gasteiger partial charge in [0.15, 0.2) is 0 Å². The lowest BCUT2D eigenvalue weighted by atomic mass is 10.1. The Kier molecular flexibility index (Phi) is 10.0. The molecule has 0 spiro atoms. The van der Waals surface area contributed by atoms with Crippen molar-refractivity contribution in [1.29, 1.82) is 0 Å². The zero-order chi connectivity index (χ0) is 16.9. The van der Waals surface area contributed by atoms with E-state index < -0.39 is 0 Å². The second-order valence-electron chi connectivity index (χ2n) is 6.32. The molecule has 1 rings (SSSR count). The summed E-state index contributed by atoms with van der Waals surface area (Å²) in [6, 6.07) is 8.16. The molecule has 0 atom stereocenters. The van der Waals surface area contributed by atoms with E-state index in [0.717, 1.165) is 24.1 Å². The number of hydrogen-bond donors (Lipinski definition) is 1. The van der Waals surface area contributed by atoms with Gasteiger partial charge in [0, 0.05) is 6.42 Å². The van der Waals surface area contributed by atoms with Gasteiger partial charge in [-0.15, -0.1) is 0 Å². The summed E-state index contributed by atoms with van der Waals surface area (Å²) in [6.07, 6.45) is 10.5. The lowest BCUT2D eigenvalue weighted by Crippen LogP contribution is -2.18. The Morgan fingerprint density at radius 3 is 2.13 bits per heavy atom. The Morgan fingerprint density at radius 1 is 0.957 bits per heavy atom. The molecule has 3 nitrogen and oxygen atoms in total. The van der Waals surface area contributed by atoms with Crippen LogP contribution in [0, 0.1) is 6.92 Å². The standard InChI is InChI=1S/C20H32N2O/c1-4-5-6-7-8-9-10-11-12-20(23)22-21-18(3)19-15-13-17(2)14-16-19/h13-16H,4-12H2,1-3H3,(H,22,23). The first kappa shape index (κ1) is 19.4. The molecule has 3 heteroatoms. The molecule has 0 bridgehead atoms. The van der Waals surface area contributed by atoms with Crippen LogP contribution in [0.25, 0.3) is 0 Å². The number of unbranched alkanes of at least 4 members (excludes halogenated alkanes) is 7. The lowest BCUT2D eigenvalue weighted by molar-refractivity contribution is -0.121. The minimum absolute atomic E-state index is 0.0162. The molecule has 1 aromatic carbocycles. The number of aryl methyl sites for hydroxylation is 1. The van der Waals surface area contributed by atoms with Crippen LogP contribution in [0.5, 0.6) is 0 Å². The van der Waals surface area contributed by atoms with Crippen LogP contribution in [0.3, 0.4) is 0 Å². The minimum atomic E-state index is 0.0162. The molecule has 1 aromatic rings. The number of carbonyl (C=O) groups excluding carboxylic acids is 1.